The molecular weight excluding hydrogens is 321 g/mol. The highest BCUT2D eigenvalue weighted by atomic mass is 35.5. The summed E-state index contributed by atoms with van der Waals surface area (Å²) in [7, 11) is 1.62. The molecule has 106 valence electrons. The first-order chi connectivity index (χ1) is 9.63. The minimum atomic E-state index is 0.206. The molecule has 0 unspecified atom stereocenters. The number of para-hydroxylation sites is 1. The molecule has 20 heavy (non-hydrogen) atoms. The van der Waals surface area contributed by atoms with Crippen molar-refractivity contribution in [1.29, 1.82) is 0 Å². The van der Waals surface area contributed by atoms with E-state index in [0.717, 1.165) is 5.56 Å². The summed E-state index contributed by atoms with van der Waals surface area (Å²) in [5.41, 5.74) is 1.29. The van der Waals surface area contributed by atoms with Crippen molar-refractivity contribution in [2.75, 3.05) is 20.3 Å². The van der Waals surface area contributed by atoms with Crippen LogP contribution in [0.15, 0.2) is 30.3 Å². The number of benzene rings is 1. The van der Waals surface area contributed by atoms with Gasteiger partial charge in [0.2, 0.25) is 0 Å². The highest BCUT2D eigenvalue weighted by Crippen LogP contribution is 2.36. The minimum absolute atomic E-state index is 0.206. The zero-order chi connectivity index (χ0) is 14.5. The minimum Gasteiger partial charge on any atom is -0.490 e. The van der Waals surface area contributed by atoms with Crippen molar-refractivity contribution in [3.8, 4) is 17.0 Å². The van der Waals surface area contributed by atoms with E-state index in [1.807, 2.05) is 24.3 Å². The summed E-state index contributed by atoms with van der Waals surface area (Å²) in [4.78, 5) is 4.22. The van der Waals surface area contributed by atoms with Gasteiger partial charge in [0.15, 0.2) is 0 Å². The second kappa shape index (κ2) is 7.14. The van der Waals surface area contributed by atoms with Crippen LogP contribution in [0.4, 0.5) is 0 Å². The van der Waals surface area contributed by atoms with Crippen molar-refractivity contribution in [3.05, 3.63) is 45.5 Å². The molecule has 6 heteroatoms. The SMILES string of the molecule is COCCOc1ccccc1-c1nc(Cl)c(Cl)cc1Cl. The lowest BCUT2D eigenvalue weighted by atomic mass is 10.1. The quantitative estimate of drug-likeness (QED) is 0.585. The molecule has 2 aromatic rings. The van der Waals surface area contributed by atoms with E-state index in [4.69, 9.17) is 44.3 Å². The molecule has 1 aromatic carbocycles. The van der Waals surface area contributed by atoms with Crippen LogP contribution in [0.1, 0.15) is 0 Å². The Hall–Kier alpha value is -1.000. The molecule has 0 saturated carbocycles. The van der Waals surface area contributed by atoms with Crippen LogP contribution in [0.2, 0.25) is 15.2 Å². The molecule has 3 nitrogen and oxygen atoms in total. The standard InChI is InChI=1S/C14H12Cl3NO2/c1-19-6-7-20-12-5-3-2-4-9(12)13-10(15)8-11(16)14(17)18-13/h2-5,8H,6-7H2,1H3. The number of hydrogen-bond donors (Lipinski definition) is 0. The van der Waals surface area contributed by atoms with Gasteiger partial charge in [-0.05, 0) is 18.2 Å². The van der Waals surface area contributed by atoms with Gasteiger partial charge in [0.25, 0.3) is 0 Å². The van der Waals surface area contributed by atoms with Crippen LogP contribution in [0.3, 0.4) is 0 Å². The van der Waals surface area contributed by atoms with E-state index in [0.29, 0.717) is 34.7 Å². The van der Waals surface area contributed by atoms with Gasteiger partial charge in [-0.15, -0.1) is 0 Å². The van der Waals surface area contributed by atoms with Crippen LogP contribution >= 0.6 is 34.8 Å². The first-order valence-corrected chi connectivity index (χ1v) is 6.99. The van der Waals surface area contributed by atoms with Crippen molar-refractivity contribution in [3.63, 3.8) is 0 Å². The van der Waals surface area contributed by atoms with Crippen LogP contribution in [0, 0.1) is 0 Å². The molecule has 1 aromatic heterocycles. The summed E-state index contributed by atoms with van der Waals surface area (Å²) < 4.78 is 10.6. The van der Waals surface area contributed by atoms with Gasteiger partial charge < -0.3 is 9.47 Å². The maximum absolute atomic E-state index is 6.18. The molecule has 1 heterocycles. The average Bonchev–Trinajstić information content (AvgIpc) is 2.44. The Bertz CT molecular complexity index is 605. The van der Waals surface area contributed by atoms with Crippen molar-refractivity contribution in [1.82, 2.24) is 4.98 Å². The predicted molar refractivity (Wildman–Crippen MR) is 82.1 cm³/mol. The number of methoxy groups -OCH3 is 1. The summed E-state index contributed by atoms with van der Waals surface area (Å²) in [6.45, 7) is 0.934. The third-order valence-electron chi connectivity index (χ3n) is 2.57. The van der Waals surface area contributed by atoms with Gasteiger partial charge in [-0.25, -0.2) is 4.98 Å². The van der Waals surface area contributed by atoms with Gasteiger partial charge in [-0.1, -0.05) is 46.9 Å². The topological polar surface area (TPSA) is 31.4 Å². The maximum Gasteiger partial charge on any atom is 0.148 e. The van der Waals surface area contributed by atoms with Crippen molar-refractivity contribution in [2.24, 2.45) is 0 Å². The molecule has 0 bridgehead atoms. The molecule has 2 rings (SSSR count). The average molecular weight is 333 g/mol. The number of hydrogen-bond acceptors (Lipinski definition) is 3. The van der Waals surface area contributed by atoms with E-state index < -0.39 is 0 Å². The highest BCUT2D eigenvalue weighted by Gasteiger charge is 2.14. The molecule has 0 aliphatic heterocycles. The summed E-state index contributed by atoms with van der Waals surface area (Å²) >= 11 is 18.0. The molecule has 0 fully saturated rings. The molecule has 0 N–H and O–H groups in total. The fourth-order valence-corrected chi connectivity index (χ4v) is 2.26. The van der Waals surface area contributed by atoms with Crippen molar-refractivity contribution < 1.29 is 9.47 Å². The smallest absolute Gasteiger partial charge is 0.148 e. The number of halogens is 3. The first-order valence-electron chi connectivity index (χ1n) is 5.86. The molecule has 0 amide bonds. The fraction of sp³-hybridized carbons (Fsp3) is 0.214. The van der Waals surface area contributed by atoms with Gasteiger partial charge in [-0.3, -0.25) is 0 Å². The van der Waals surface area contributed by atoms with E-state index in [1.165, 1.54) is 0 Å². The molecule has 0 radical (unpaired) electrons. The van der Waals surface area contributed by atoms with E-state index >= 15 is 0 Å². The third kappa shape index (κ3) is 3.55. The summed E-state index contributed by atoms with van der Waals surface area (Å²) in [5.74, 6) is 0.664. The van der Waals surface area contributed by atoms with Crippen LogP contribution < -0.4 is 4.74 Å². The Kier molecular flexibility index (Phi) is 5.49. The highest BCUT2D eigenvalue weighted by molar-refractivity contribution is 6.43. The fourth-order valence-electron chi connectivity index (χ4n) is 1.66. The van der Waals surface area contributed by atoms with Crippen LogP contribution in [0.25, 0.3) is 11.3 Å². The van der Waals surface area contributed by atoms with E-state index in [-0.39, 0.29) is 5.15 Å². The summed E-state index contributed by atoms with van der Waals surface area (Å²) in [6, 6.07) is 9.02. The number of pyridine rings is 1. The van der Waals surface area contributed by atoms with Crippen LogP contribution in [-0.2, 0) is 4.74 Å². The third-order valence-corrected chi connectivity index (χ3v) is 3.53. The van der Waals surface area contributed by atoms with E-state index in [1.54, 1.807) is 13.2 Å². The monoisotopic (exact) mass is 331 g/mol. The maximum atomic E-state index is 6.18. The van der Waals surface area contributed by atoms with Crippen LogP contribution in [0.5, 0.6) is 5.75 Å². The molecule has 0 atom stereocenters. The Labute approximate surface area is 132 Å². The lowest BCUT2D eigenvalue weighted by Crippen LogP contribution is -2.05. The number of ether oxygens (including phenoxy) is 2. The van der Waals surface area contributed by atoms with Gasteiger partial charge in [0.1, 0.15) is 17.5 Å². The normalized spacial score (nSPS) is 10.6. The molecule has 0 aliphatic carbocycles. The Balaban J connectivity index is 2.39. The van der Waals surface area contributed by atoms with Gasteiger partial charge >= 0.3 is 0 Å². The van der Waals surface area contributed by atoms with Gasteiger partial charge in [0, 0.05) is 12.7 Å². The number of rotatable bonds is 5. The van der Waals surface area contributed by atoms with Crippen molar-refractivity contribution >= 4 is 34.8 Å². The molecular formula is C14H12Cl3NO2. The zero-order valence-corrected chi connectivity index (χ0v) is 13.0. The van der Waals surface area contributed by atoms with E-state index in [9.17, 15) is 0 Å². The Morgan fingerprint density at radius 1 is 1.05 bits per heavy atom. The molecule has 0 aliphatic rings. The lowest BCUT2D eigenvalue weighted by molar-refractivity contribution is 0.146. The van der Waals surface area contributed by atoms with Crippen LogP contribution in [-0.4, -0.2) is 25.3 Å². The Morgan fingerprint density at radius 3 is 2.55 bits per heavy atom. The van der Waals surface area contributed by atoms with E-state index in [2.05, 4.69) is 4.98 Å². The number of nitrogens with zero attached hydrogens (tertiary/aromatic N) is 1. The number of aromatic nitrogens is 1. The first kappa shape index (κ1) is 15.4. The molecule has 0 spiro atoms. The van der Waals surface area contributed by atoms with Crippen molar-refractivity contribution in [2.45, 2.75) is 0 Å². The van der Waals surface area contributed by atoms with Gasteiger partial charge in [-0.2, -0.15) is 0 Å². The second-order valence-electron chi connectivity index (χ2n) is 3.93. The molecule has 0 saturated heterocycles. The summed E-state index contributed by atoms with van der Waals surface area (Å²) in [5, 5.41) is 0.943. The lowest BCUT2D eigenvalue weighted by Gasteiger charge is -2.12. The zero-order valence-electron chi connectivity index (χ0n) is 10.7. The Morgan fingerprint density at radius 2 is 1.80 bits per heavy atom. The second-order valence-corrected chi connectivity index (χ2v) is 5.10. The summed E-state index contributed by atoms with van der Waals surface area (Å²) in [6.07, 6.45) is 0. The predicted octanol–water partition coefficient (Wildman–Crippen LogP) is 4.73. The van der Waals surface area contributed by atoms with Gasteiger partial charge in [0.05, 0.1) is 22.3 Å². The largest absolute Gasteiger partial charge is 0.490 e.